The van der Waals surface area contributed by atoms with E-state index >= 15 is 0 Å². The summed E-state index contributed by atoms with van der Waals surface area (Å²) in [5, 5.41) is 6.36. The molecule has 3 rings (SSSR count). The van der Waals surface area contributed by atoms with Crippen LogP contribution in [0.15, 0.2) is 60.8 Å². The van der Waals surface area contributed by atoms with Gasteiger partial charge in [-0.3, -0.25) is 9.48 Å². The Morgan fingerprint density at radius 1 is 1.08 bits per heavy atom. The van der Waals surface area contributed by atoms with Gasteiger partial charge in [-0.15, -0.1) is 0 Å². The number of carbonyl (C=O) groups is 1. The zero-order valence-corrected chi connectivity index (χ0v) is 14.1. The molecule has 0 fully saturated rings. The summed E-state index contributed by atoms with van der Waals surface area (Å²) in [5.74, 6) is -0.617. The molecule has 4 nitrogen and oxygen atoms in total. The highest BCUT2D eigenvalue weighted by atomic mass is 19.3. The number of amides is 1. The van der Waals surface area contributed by atoms with E-state index in [0.717, 1.165) is 11.1 Å². The first-order valence-electron chi connectivity index (χ1n) is 8.00. The van der Waals surface area contributed by atoms with E-state index in [-0.39, 0.29) is 5.56 Å². The van der Waals surface area contributed by atoms with Crippen molar-refractivity contribution in [2.75, 3.05) is 5.32 Å². The second-order valence-corrected chi connectivity index (χ2v) is 5.69. The smallest absolute Gasteiger partial charge is 0.282 e. The Morgan fingerprint density at radius 3 is 2.50 bits per heavy atom. The van der Waals surface area contributed by atoms with Crippen LogP contribution in [0.2, 0.25) is 0 Å². The number of halogens is 2. The molecule has 6 heteroatoms. The van der Waals surface area contributed by atoms with Crippen LogP contribution in [0.3, 0.4) is 0 Å². The topological polar surface area (TPSA) is 46.9 Å². The van der Waals surface area contributed by atoms with Crippen LogP contribution in [0.4, 0.5) is 14.5 Å². The second-order valence-electron chi connectivity index (χ2n) is 5.69. The Kier molecular flexibility index (Phi) is 5.22. The summed E-state index contributed by atoms with van der Waals surface area (Å²) in [5.41, 5.74) is 1.66. The molecule has 0 unspecified atom stereocenters. The Morgan fingerprint density at radius 2 is 1.77 bits per heavy atom. The Hall–Kier alpha value is -3.28. The van der Waals surface area contributed by atoms with E-state index in [9.17, 15) is 13.6 Å². The number of hydrogen-bond donors (Lipinski definition) is 1. The van der Waals surface area contributed by atoms with Gasteiger partial charge in [0.25, 0.3) is 12.3 Å². The van der Waals surface area contributed by atoms with Crippen LogP contribution >= 0.6 is 0 Å². The molecule has 0 saturated carbocycles. The summed E-state index contributed by atoms with van der Waals surface area (Å²) >= 11 is 0. The molecule has 1 amide bonds. The first kappa shape index (κ1) is 17.5. The molecule has 0 aliphatic rings. The fourth-order valence-electron chi connectivity index (χ4n) is 2.54. The van der Waals surface area contributed by atoms with E-state index in [1.165, 1.54) is 17.9 Å². The SMILES string of the molecule is Cn1cc(C(=O)Nc2ccccc2C=Cc2ccccc2)c(C(F)F)n1. The van der Waals surface area contributed by atoms with E-state index in [1.54, 1.807) is 12.1 Å². The lowest BCUT2D eigenvalue weighted by Crippen LogP contribution is -2.14. The highest BCUT2D eigenvalue weighted by Crippen LogP contribution is 2.24. The summed E-state index contributed by atoms with van der Waals surface area (Å²) in [6.45, 7) is 0. The molecule has 2 aromatic carbocycles. The van der Waals surface area contributed by atoms with Crippen LogP contribution in [0.25, 0.3) is 12.2 Å². The van der Waals surface area contributed by atoms with E-state index in [2.05, 4.69) is 10.4 Å². The van der Waals surface area contributed by atoms with Crippen molar-refractivity contribution in [2.24, 2.45) is 7.05 Å². The second kappa shape index (κ2) is 7.74. The van der Waals surface area contributed by atoms with Gasteiger partial charge < -0.3 is 5.32 Å². The van der Waals surface area contributed by atoms with Gasteiger partial charge >= 0.3 is 0 Å². The lowest BCUT2D eigenvalue weighted by Gasteiger charge is -2.08. The summed E-state index contributed by atoms with van der Waals surface area (Å²) < 4.78 is 27.3. The number of benzene rings is 2. The molecule has 1 N–H and O–H groups in total. The molecule has 1 heterocycles. The predicted molar refractivity (Wildman–Crippen MR) is 97.9 cm³/mol. The van der Waals surface area contributed by atoms with Crippen LogP contribution in [0, 0.1) is 0 Å². The summed E-state index contributed by atoms with van der Waals surface area (Å²) in [4.78, 5) is 12.5. The molecule has 0 aliphatic carbocycles. The Balaban J connectivity index is 1.85. The average Bonchev–Trinajstić information content (AvgIpc) is 3.04. The lowest BCUT2D eigenvalue weighted by atomic mass is 10.1. The molecule has 1 aromatic heterocycles. The number of anilines is 1. The minimum absolute atomic E-state index is 0.135. The van der Waals surface area contributed by atoms with E-state index < -0.39 is 18.0 Å². The molecule has 0 spiro atoms. The predicted octanol–water partition coefficient (Wildman–Crippen LogP) is 4.78. The van der Waals surface area contributed by atoms with Gasteiger partial charge in [0, 0.05) is 18.9 Å². The van der Waals surface area contributed by atoms with E-state index in [0.29, 0.717) is 5.69 Å². The number of carbonyl (C=O) groups excluding carboxylic acids is 1. The average molecular weight is 353 g/mol. The number of alkyl halides is 2. The number of para-hydroxylation sites is 1. The summed E-state index contributed by atoms with van der Waals surface area (Å²) in [6, 6.07) is 16.9. The summed E-state index contributed by atoms with van der Waals surface area (Å²) in [7, 11) is 1.50. The van der Waals surface area contributed by atoms with Gasteiger partial charge in [0.05, 0.1) is 5.56 Å². The van der Waals surface area contributed by atoms with Gasteiger partial charge in [-0.05, 0) is 17.2 Å². The van der Waals surface area contributed by atoms with Gasteiger partial charge in [-0.1, -0.05) is 60.7 Å². The van der Waals surface area contributed by atoms with Crippen molar-refractivity contribution in [3.63, 3.8) is 0 Å². The quantitative estimate of drug-likeness (QED) is 0.671. The molecular formula is C20H17F2N3O. The van der Waals surface area contributed by atoms with Crippen molar-refractivity contribution in [1.82, 2.24) is 9.78 Å². The standard InChI is InChI=1S/C20H17F2N3O/c1-25-13-16(18(24-25)19(21)22)20(26)23-17-10-6-5-9-15(17)12-11-14-7-3-2-4-8-14/h2-13,19H,1H3,(H,23,26). The van der Waals surface area contributed by atoms with Gasteiger partial charge in [0.15, 0.2) is 0 Å². The number of nitrogens with zero attached hydrogens (tertiary/aromatic N) is 2. The minimum Gasteiger partial charge on any atom is -0.321 e. The highest BCUT2D eigenvalue weighted by molar-refractivity contribution is 6.06. The van der Waals surface area contributed by atoms with Crippen LogP contribution in [-0.4, -0.2) is 15.7 Å². The van der Waals surface area contributed by atoms with Crippen LogP contribution in [-0.2, 0) is 7.05 Å². The Labute approximate surface area is 149 Å². The van der Waals surface area contributed by atoms with Crippen LogP contribution in [0.5, 0.6) is 0 Å². The third-order valence-electron chi connectivity index (χ3n) is 3.77. The monoisotopic (exact) mass is 353 g/mol. The normalized spacial score (nSPS) is 11.2. The fourth-order valence-corrected chi connectivity index (χ4v) is 2.54. The molecule has 0 radical (unpaired) electrons. The maximum Gasteiger partial charge on any atom is 0.282 e. The van der Waals surface area contributed by atoms with Crippen molar-refractivity contribution in [3.05, 3.63) is 83.2 Å². The molecule has 3 aromatic rings. The van der Waals surface area contributed by atoms with Gasteiger partial charge in [-0.2, -0.15) is 5.10 Å². The van der Waals surface area contributed by atoms with Crippen molar-refractivity contribution < 1.29 is 13.6 Å². The molecule has 0 saturated heterocycles. The zero-order valence-electron chi connectivity index (χ0n) is 14.1. The zero-order chi connectivity index (χ0) is 18.5. The van der Waals surface area contributed by atoms with Crippen LogP contribution in [0.1, 0.15) is 33.6 Å². The minimum atomic E-state index is -2.81. The maximum absolute atomic E-state index is 13.1. The largest absolute Gasteiger partial charge is 0.321 e. The third-order valence-corrected chi connectivity index (χ3v) is 3.77. The maximum atomic E-state index is 13.1. The van der Waals surface area contributed by atoms with Crippen LogP contribution < -0.4 is 5.32 Å². The molecule has 0 aliphatic heterocycles. The van der Waals surface area contributed by atoms with Crippen molar-refractivity contribution >= 4 is 23.7 Å². The van der Waals surface area contributed by atoms with Gasteiger partial charge in [-0.25, -0.2) is 8.78 Å². The van der Waals surface area contributed by atoms with Gasteiger partial charge in [0.2, 0.25) is 0 Å². The molecule has 0 bridgehead atoms. The van der Waals surface area contributed by atoms with Crippen molar-refractivity contribution in [3.8, 4) is 0 Å². The fraction of sp³-hybridized carbons (Fsp3) is 0.100. The first-order valence-corrected chi connectivity index (χ1v) is 8.00. The van der Waals surface area contributed by atoms with Gasteiger partial charge in [0.1, 0.15) is 5.69 Å². The number of nitrogens with one attached hydrogen (secondary N) is 1. The molecular weight excluding hydrogens is 336 g/mol. The van der Waals surface area contributed by atoms with E-state index in [1.807, 2.05) is 54.6 Å². The first-order chi connectivity index (χ1) is 12.5. The molecule has 26 heavy (non-hydrogen) atoms. The number of aromatic nitrogens is 2. The van der Waals surface area contributed by atoms with E-state index in [4.69, 9.17) is 0 Å². The van der Waals surface area contributed by atoms with Crippen molar-refractivity contribution in [2.45, 2.75) is 6.43 Å². The number of hydrogen-bond acceptors (Lipinski definition) is 2. The Bertz CT molecular complexity index is 933. The number of aryl methyl sites for hydroxylation is 1. The lowest BCUT2D eigenvalue weighted by molar-refractivity contribution is 0.101. The number of rotatable bonds is 5. The molecule has 0 atom stereocenters. The third kappa shape index (κ3) is 4.03. The van der Waals surface area contributed by atoms with Crippen molar-refractivity contribution in [1.29, 1.82) is 0 Å². The molecule has 132 valence electrons. The summed E-state index contributed by atoms with van der Waals surface area (Å²) in [6.07, 6.45) is 2.26. The highest BCUT2D eigenvalue weighted by Gasteiger charge is 2.23.